The van der Waals surface area contributed by atoms with Gasteiger partial charge in [-0.15, -0.1) is 0 Å². The number of aryl methyl sites for hydroxylation is 1. The number of aromatic hydroxyl groups is 1. The molecule has 1 rings (SSSR count). The summed E-state index contributed by atoms with van der Waals surface area (Å²) in [4.78, 5) is 23.0. The molecule has 1 aromatic carbocycles. The minimum atomic E-state index is -1.24. The van der Waals surface area contributed by atoms with E-state index in [9.17, 15) is 19.8 Å². The Morgan fingerprint density at radius 3 is 2.57 bits per heavy atom. The van der Waals surface area contributed by atoms with E-state index in [2.05, 4.69) is 5.32 Å². The van der Waals surface area contributed by atoms with Gasteiger partial charge in [0.2, 0.25) is 5.91 Å². The molecule has 1 amide bonds. The van der Waals surface area contributed by atoms with Gasteiger partial charge >= 0.3 is 0 Å². The predicted molar refractivity (Wildman–Crippen MR) is 76.5 cm³/mol. The average molecular weight is 294 g/mol. The molecule has 0 aliphatic heterocycles. The van der Waals surface area contributed by atoms with Gasteiger partial charge in [-0.2, -0.15) is 0 Å². The number of quaternary nitrogens is 1. The lowest BCUT2D eigenvalue weighted by atomic mass is 10.1. The van der Waals surface area contributed by atoms with E-state index in [1.807, 2.05) is 13.8 Å². The van der Waals surface area contributed by atoms with Crippen LogP contribution in [0.2, 0.25) is 0 Å². The Bertz CT molecular complexity index is 514. The van der Waals surface area contributed by atoms with Gasteiger partial charge in [-0.3, -0.25) is 4.79 Å². The summed E-state index contributed by atoms with van der Waals surface area (Å²) in [6, 6.07) is 3.67. The molecule has 21 heavy (non-hydrogen) atoms. The molecule has 116 valence electrons. The first-order chi connectivity index (χ1) is 9.79. The summed E-state index contributed by atoms with van der Waals surface area (Å²) in [5.41, 5.74) is 1.26. The number of carboxylic acids is 1. The SMILES string of the molecule is Cc1cc(O)ccc1NC(=O)C[C@H]([NH2+]CC(C)C)C(=O)[O-]. The number of carbonyl (C=O) groups is 2. The number of anilines is 1. The topological polar surface area (TPSA) is 106 Å². The lowest BCUT2D eigenvalue weighted by Crippen LogP contribution is -2.94. The van der Waals surface area contributed by atoms with Crippen molar-refractivity contribution in [2.45, 2.75) is 33.2 Å². The zero-order chi connectivity index (χ0) is 16.0. The number of amides is 1. The summed E-state index contributed by atoms with van der Waals surface area (Å²) < 4.78 is 0. The van der Waals surface area contributed by atoms with Gasteiger partial charge in [0, 0.05) is 11.6 Å². The largest absolute Gasteiger partial charge is 0.544 e. The van der Waals surface area contributed by atoms with Crippen LogP contribution in [-0.4, -0.2) is 29.6 Å². The van der Waals surface area contributed by atoms with Gasteiger partial charge in [-0.25, -0.2) is 0 Å². The number of hydrogen-bond acceptors (Lipinski definition) is 4. The molecule has 0 radical (unpaired) electrons. The van der Waals surface area contributed by atoms with Crippen molar-refractivity contribution in [1.82, 2.24) is 0 Å². The molecule has 0 heterocycles. The fraction of sp³-hybridized carbons (Fsp3) is 0.467. The van der Waals surface area contributed by atoms with Gasteiger partial charge < -0.3 is 25.6 Å². The number of phenolic OH excluding ortho intramolecular Hbond substituents is 1. The second-order valence-electron chi connectivity index (χ2n) is 5.54. The van der Waals surface area contributed by atoms with Crippen LogP contribution in [0, 0.1) is 12.8 Å². The van der Waals surface area contributed by atoms with E-state index in [-0.39, 0.29) is 12.2 Å². The molecule has 4 N–H and O–H groups in total. The summed E-state index contributed by atoms with van der Waals surface area (Å²) >= 11 is 0. The normalized spacial score (nSPS) is 12.2. The Kier molecular flexibility index (Phi) is 6.17. The van der Waals surface area contributed by atoms with Crippen molar-refractivity contribution in [2.24, 2.45) is 5.92 Å². The molecular weight excluding hydrogens is 272 g/mol. The number of phenols is 1. The van der Waals surface area contributed by atoms with Crippen molar-refractivity contribution in [1.29, 1.82) is 0 Å². The number of nitrogens with two attached hydrogens (primary N) is 1. The molecule has 0 fully saturated rings. The summed E-state index contributed by atoms with van der Waals surface area (Å²) in [6.07, 6.45) is -0.157. The van der Waals surface area contributed by atoms with Crippen molar-refractivity contribution in [3.63, 3.8) is 0 Å². The van der Waals surface area contributed by atoms with Gasteiger partial charge in [0.1, 0.15) is 11.8 Å². The van der Waals surface area contributed by atoms with Crippen LogP contribution in [0.15, 0.2) is 18.2 Å². The maximum Gasteiger partial charge on any atom is 0.230 e. The highest BCUT2D eigenvalue weighted by atomic mass is 16.4. The molecule has 0 saturated carbocycles. The van der Waals surface area contributed by atoms with E-state index in [0.29, 0.717) is 23.7 Å². The number of rotatable bonds is 7. The monoisotopic (exact) mass is 294 g/mol. The van der Waals surface area contributed by atoms with Crippen molar-refractivity contribution < 1.29 is 25.1 Å². The number of benzene rings is 1. The maximum absolute atomic E-state index is 11.9. The van der Waals surface area contributed by atoms with E-state index in [0.717, 1.165) is 0 Å². The lowest BCUT2D eigenvalue weighted by Gasteiger charge is -2.17. The Morgan fingerprint density at radius 2 is 2.05 bits per heavy atom. The summed E-state index contributed by atoms with van der Waals surface area (Å²) in [5, 5.41) is 24.6. The highest BCUT2D eigenvalue weighted by molar-refractivity contribution is 5.94. The van der Waals surface area contributed by atoms with Crippen LogP contribution in [-0.2, 0) is 9.59 Å². The Hall–Kier alpha value is -2.08. The highest BCUT2D eigenvalue weighted by Crippen LogP contribution is 2.20. The van der Waals surface area contributed by atoms with Gasteiger partial charge in [0.15, 0.2) is 0 Å². The Balaban J connectivity index is 2.63. The predicted octanol–water partition coefficient (Wildman–Crippen LogP) is -0.633. The molecule has 0 aliphatic rings. The third kappa shape index (κ3) is 5.83. The van der Waals surface area contributed by atoms with E-state index in [1.54, 1.807) is 18.3 Å². The second kappa shape index (κ2) is 7.64. The molecule has 0 aromatic heterocycles. The standard InChI is InChI=1S/C15H22N2O4/c1-9(2)8-16-13(15(20)21)7-14(19)17-12-5-4-11(18)6-10(12)3/h4-6,9,13,16,18H,7-8H2,1-3H3,(H,17,19)(H,20,21)/t13-/m0/s1. The first kappa shape index (κ1) is 17.0. The van der Waals surface area contributed by atoms with Gasteiger partial charge in [-0.1, -0.05) is 13.8 Å². The Labute approximate surface area is 124 Å². The van der Waals surface area contributed by atoms with E-state index < -0.39 is 17.9 Å². The van der Waals surface area contributed by atoms with Crippen molar-refractivity contribution >= 4 is 17.6 Å². The molecule has 0 bridgehead atoms. The molecule has 0 unspecified atom stereocenters. The second-order valence-corrected chi connectivity index (χ2v) is 5.54. The van der Waals surface area contributed by atoms with Crippen LogP contribution in [0.5, 0.6) is 5.75 Å². The van der Waals surface area contributed by atoms with Crippen LogP contribution in [0.25, 0.3) is 0 Å². The average Bonchev–Trinajstić information content (AvgIpc) is 2.37. The quantitative estimate of drug-likeness (QED) is 0.582. The minimum Gasteiger partial charge on any atom is -0.544 e. The Morgan fingerprint density at radius 1 is 1.38 bits per heavy atom. The van der Waals surface area contributed by atoms with Gasteiger partial charge in [-0.05, 0) is 30.7 Å². The van der Waals surface area contributed by atoms with Gasteiger partial charge in [0.05, 0.1) is 18.9 Å². The first-order valence-electron chi connectivity index (χ1n) is 6.93. The van der Waals surface area contributed by atoms with Crippen LogP contribution in [0.4, 0.5) is 5.69 Å². The van der Waals surface area contributed by atoms with Crippen LogP contribution < -0.4 is 15.7 Å². The van der Waals surface area contributed by atoms with Crippen molar-refractivity contribution in [3.05, 3.63) is 23.8 Å². The molecule has 1 atom stereocenters. The number of hydrogen-bond donors (Lipinski definition) is 3. The zero-order valence-corrected chi connectivity index (χ0v) is 12.6. The molecule has 1 aromatic rings. The summed E-state index contributed by atoms with van der Waals surface area (Å²) in [6.45, 7) is 6.31. The first-order valence-corrected chi connectivity index (χ1v) is 6.93. The van der Waals surface area contributed by atoms with E-state index in [4.69, 9.17) is 0 Å². The molecule has 0 spiro atoms. The van der Waals surface area contributed by atoms with Crippen LogP contribution in [0.1, 0.15) is 25.8 Å². The minimum absolute atomic E-state index is 0.114. The van der Waals surface area contributed by atoms with Gasteiger partial charge in [0.25, 0.3) is 0 Å². The number of carboxylic acid groups (broad SMARTS) is 1. The lowest BCUT2D eigenvalue weighted by molar-refractivity contribution is -0.686. The third-order valence-corrected chi connectivity index (χ3v) is 3.08. The zero-order valence-electron chi connectivity index (χ0n) is 12.6. The molecule has 0 saturated heterocycles. The number of aliphatic carboxylic acids is 1. The van der Waals surface area contributed by atoms with Crippen LogP contribution >= 0.6 is 0 Å². The number of carbonyl (C=O) groups excluding carboxylic acids is 2. The molecule has 0 aliphatic carbocycles. The van der Waals surface area contributed by atoms with Crippen molar-refractivity contribution in [2.75, 3.05) is 11.9 Å². The third-order valence-electron chi connectivity index (χ3n) is 3.08. The number of nitrogens with one attached hydrogen (secondary N) is 1. The molecule has 6 nitrogen and oxygen atoms in total. The summed E-state index contributed by atoms with van der Waals surface area (Å²) in [7, 11) is 0. The molecular formula is C15H22N2O4. The van der Waals surface area contributed by atoms with E-state index in [1.165, 1.54) is 12.1 Å². The van der Waals surface area contributed by atoms with Crippen LogP contribution in [0.3, 0.4) is 0 Å². The highest BCUT2D eigenvalue weighted by Gasteiger charge is 2.19. The fourth-order valence-electron chi connectivity index (χ4n) is 1.89. The van der Waals surface area contributed by atoms with E-state index >= 15 is 0 Å². The fourth-order valence-corrected chi connectivity index (χ4v) is 1.89. The van der Waals surface area contributed by atoms with Crippen molar-refractivity contribution in [3.8, 4) is 5.75 Å². The maximum atomic E-state index is 11.9. The smallest absolute Gasteiger partial charge is 0.230 e. The summed E-state index contributed by atoms with van der Waals surface area (Å²) in [5.74, 6) is -1.19. The molecule has 6 heteroatoms.